The molecule has 0 aliphatic heterocycles. The van der Waals surface area contributed by atoms with E-state index in [1.54, 1.807) is 24.3 Å². The molecule has 1 aromatic carbocycles. The summed E-state index contributed by atoms with van der Waals surface area (Å²) in [6, 6.07) is 7.71. The predicted molar refractivity (Wildman–Crippen MR) is 50.0 cm³/mol. The molecule has 0 saturated heterocycles. The molecule has 0 atom stereocenters. The molecule has 4 heteroatoms. The molecule has 0 saturated carbocycles. The third kappa shape index (κ3) is 2.83. The quantitative estimate of drug-likeness (QED) is 0.727. The maximum Gasteiger partial charge on any atom is 0.304 e. The lowest BCUT2D eigenvalue weighted by atomic mass is 10.3. The van der Waals surface area contributed by atoms with Gasteiger partial charge in [0.15, 0.2) is 3.94 Å². The highest BCUT2D eigenvalue weighted by atomic mass is 79.9. The monoisotopic (exact) mass is 250 g/mol. The number of hydrogen-bond acceptors (Lipinski definition) is 1. The summed E-state index contributed by atoms with van der Waals surface area (Å²) in [6.45, 7) is 0. The molecule has 0 aliphatic rings. The van der Waals surface area contributed by atoms with Crippen LogP contribution in [0.15, 0.2) is 40.3 Å². The Balaban J connectivity index is 2.72. The van der Waals surface area contributed by atoms with Crippen molar-refractivity contribution in [3.63, 3.8) is 0 Å². The van der Waals surface area contributed by atoms with Crippen LogP contribution in [0.3, 0.4) is 0 Å². The molecule has 1 rings (SSSR count). The fourth-order valence-electron chi connectivity index (χ4n) is 0.631. The highest BCUT2D eigenvalue weighted by molar-refractivity contribution is 9.12. The van der Waals surface area contributed by atoms with E-state index in [1.807, 2.05) is 6.07 Å². The third-order valence-corrected chi connectivity index (χ3v) is 1.56. The van der Waals surface area contributed by atoms with Crippen molar-refractivity contribution in [2.24, 2.45) is 0 Å². The Kier molecular flexibility index (Phi) is 3.56. The van der Waals surface area contributed by atoms with Gasteiger partial charge in [-0.15, -0.1) is 0 Å². The SMILES string of the molecule is F/C(Oc1ccccc1)=C(\Cl)Br. The maximum atomic E-state index is 12.7. The Morgan fingerprint density at radius 1 is 1.33 bits per heavy atom. The van der Waals surface area contributed by atoms with Gasteiger partial charge in [0.25, 0.3) is 0 Å². The van der Waals surface area contributed by atoms with E-state index in [1.165, 1.54) is 0 Å². The van der Waals surface area contributed by atoms with Crippen LogP contribution >= 0.6 is 27.5 Å². The largest absolute Gasteiger partial charge is 0.430 e. The Bertz CT molecular complexity index is 282. The molecule has 0 aromatic heterocycles. The molecule has 12 heavy (non-hydrogen) atoms. The van der Waals surface area contributed by atoms with E-state index < -0.39 is 6.01 Å². The number of benzene rings is 1. The summed E-state index contributed by atoms with van der Waals surface area (Å²) in [7, 11) is 0. The van der Waals surface area contributed by atoms with E-state index in [4.69, 9.17) is 16.3 Å². The lowest BCUT2D eigenvalue weighted by molar-refractivity contribution is 0.302. The van der Waals surface area contributed by atoms with E-state index in [9.17, 15) is 4.39 Å². The molecule has 0 heterocycles. The van der Waals surface area contributed by atoms with Crippen LogP contribution in [0.5, 0.6) is 5.75 Å². The van der Waals surface area contributed by atoms with E-state index in [0.717, 1.165) is 0 Å². The second kappa shape index (κ2) is 4.48. The smallest absolute Gasteiger partial charge is 0.304 e. The molecular formula is C8H5BrClFO. The van der Waals surface area contributed by atoms with Gasteiger partial charge in [0.05, 0.1) is 0 Å². The minimum atomic E-state index is -0.845. The lowest BCUT2D eigenvalue weighted by Crippen LogP contribution is -1.88. The number of para-hydroxylation sites is 1. The molecule has 0 amide bonds. The van der Waals surface area contributed by atoms with Crippen LogP contribution in [0.2, 0.25) is 0 Å². The Hall–Kier alpha value is -0.540. The second-order valence-corrected chi connectivity index (χ2v) is 3.58. The minimum Gasteiger partial charge on any atom is -0.430 e. The molecular weight excluding hydrogens is 246 g/mol. The summed E-state index contributed by atoms with van der Waals surface area (Å²) < 4.78 is 17.2. The molecule has 0 fully saturated rings. The van der Waals surface area contributed by atoms with E-state index in [0.29, 0.717) is 5.75 Å². The van der Waals surface area contributed by atoms with Crippen LogP contribution < -0.4 is 4.74 Å². The van der Waals surface area contributed by atoms with Gasteiger partial charge in [-0.2, -0.15) is 4.39 Å². The van der Waals surface area contributed by atoms with Crippen LogP contribution in [-0.4, -0.2) is 0 Å². The van der Waals surface area contributed by atoms with Crippen LogP contribution in [0, 0.1) is 0 Å². The van der Waals surface area contributed by atoms with Crippen LogP contribution in [-0.2, 0) is 0 Å². The van der Waals surface area contributed by atoms with E-state index in [2.05, 4.69) is 15.9 Å². The van der Waals surface area contributed by atoms with Gasteiger partial charge in [-0.1, -0.05) is 29.8 Å². The molecule has 0 N–H and O–H groups in total. The van der Waals surface area contributed by atoms with Crippen molar-refractivity contribution in [1.82, 2.24) is 0 Å². The molecule has 0 aliphatic carbocycles. The summed E-state index contributed by atoms with van der Waals surface area (Å²) in [5, 5.41) is 0. The topological polar surface area (TPSA) is 9.23 Å². The van der Waals surface area contributed by atoms with Gasteiger partial charge in [0, 0.05) is 0 Å². The van der Waals surface area contributed by atoms with Gasteiger partial charge in [-0.25, -0.2) is 0 Å². The standard InChI is InChI=1S/C8H5BrClFO/c9-7(10)8(11)12-6-4-2-1-3-5-6/h1-5H/b8-7+. The number of hydrogen-bond donors (Lipinski definition) is 0. The van der Waals surface area contributed by atoms with Crippen molar-refractivity contribution in [2.45, 2.75) is 0 Å². The predicted octanol–water partition coefficient (Wildman–Crippen LogP) is 3.80. The second-order valence-electron chi connectivity index (χ2n) is 1.95. The third-order valence-electron chi connectivity index (χ3n) is 1.10. The van der Waals surface area contributed by atoms with Crippen molar-refractivity contribution >= 4 is 27.5 Å². The summed E-state index contributed by atoms with van der Waals surface area (Å²) in [6.07, 6.45) is 0. The normalized spacial score (nSPS) is 12.2. The first-order chi connectivity index (χ1) is 5.70. The van der Waals surface area contributed by atoms with Crippen LogP contribution in [0.25, 0.3) is 0 Å². The zero-order valence-corrected chi connectivity index (χ0v) is 8.27. The van der Waals surface area contributed by atoms with Crippen molar-refractivity contribution in [3.8, 4) is 5.75 Å². The van der Waals surface area contributed by atoms with E-state index >= 15 is 0 Å². The molecule has 0 unspecified atom stereocenters. The zero-order chi connectivity index (χ0) is 8.97. The summed E-state index contributed by atoms with van der Waals surface area (Å²) in [4.78, 5) is 0. The van der Waals surface area contributed by atoms with Crippen molar-refractivity contribution in [2.75, 3.05) is 0 Å². The summed E-state index contributed by atoms with van der Waals surface area (Å²) in [5.41, 5.74) is 0. The lowest BCUT2D eigenvalue weighted by Gasteiger charge is -2.00. The van der Waals surface area contributed by atoms with Crippen LogP contribution in [0.4, 0.5) is 4.39 Å². The highest BCUT2D eigenvalue weighted by Gasteiger charge is 2.02. The Labute approximate surface area is 82.9 Å². The molecule has 64 valence electrons. The minimum absolute atomic E-state index is 0.175. The summed E-state index contributed by atoms with van der Waals surface area (Å²) >= 11 is 8.02. The fraction of sp³-hybridized carbons (Fsp3) is 0. The molecule has 1 aromatic rings. The number of ether oxygens (including phenoxy) is 1. The first kappa shape index (κ1) is 9.55. The Morgan fingerprint density at radius 3 is 2.42 bits per heavy atom. The van der Waals surface area contributed by atoms with Crippen molar-refractivity contribution in [3.05, 3.63) is 40.3 Å². The maximum absolute atomic E-state index is 12.7. The van der Waals surface area contributed by atoms with Crippen molar-refractivity contribution in [1.29, 1.82) is 0 Å². The first-order valence-corrected chi connectivity index (χ1v) is 4.31. The molecule has 1 nitrogen and oxygen atoms in total. The molecule has 0 spiro atoms. The highest BCUT2D eigenvalue weighted by Crippen LogP contribution is 2.21. The fourth-order valence-corrected chi connectivity index (χ4v) is 0.750. The van der Waals surface area contributed by atoms with Crippen molar-refractivity contribution < 1.29 is 9.13 Å². The van der Waals surface area contributed by atoms with E-state index in [-0.39, 0.29) is 3.94 Å². The van der Waals surface area contributed by atoms with Gasteiger partial charge >= 0.3 is 6.01 Å². The van der Waals surface area contributed by atoms with Gasteiger partial charge < -0.3 is 4.74 Å². The first-order valence-electron chi connectivity index (χ1n) is 3.14. The zero-order valence-electron chi connectivity index (χ0n) is 5.93. The van der Waals surface area contributed by atoms with Gasteiger partial charge in [0.1, 0.15) is 5.75 Å². The molecule has 0 radical (unpaired) electrons. The average Bonchev–Trinajstić information content (AvgIpc) is 2.06. The van der Waals surface area contributed by atoms with Gasteiger partial charge in [-0.3, -0.25) is 0 Å². The molecule has 0 bridgehead atoms. The number of halogens is 3. The van der Waals surface area contributed by atoms with Gasteiger partial charge in [-0.05, 0) is 28.1 Å². The van der Waals surface area contributed by atoms with Gasteiger partial charge in [0.2, 0.25) is 0 Å². The number of rotatable bonds is 2. The summed E-state index contributed by atoms with van der Waals surface area (Å²) in [5.74, 6) is 0.410. The Morgan fingerprint density at radius 2 is 1.92 bits per heavy atom. The average molecular weight is 251 g/mol. The van der Waals surface area contributed by atoms with Crippen LogP contribution in [0.1, 0.15) is 0 Å².